The molecule has 1 saturated heterocycles. The number of para-hydroxylation sites is 1. The van der Waals surface area contributed by atoms with Crippen LogP contribution in [0.4, 0.5) is 0 Å². The fraction of sp³-hybridized carbons (Fsp3) is 0.250. The number of nitrogens with zero attached hydrogens (tertiary/aromatic N) is 3. The first kappa shape index (κ1) is 16.3. The summed E-state index contributed by atoms with van der Waals surface area (Å²) in [4.78, 5) is 18.7. The molecular weight excluding hydrogens is 328 g/mol. The molecule has 6 heteroatoms. The van der Waals surface area contributed by atoms with Crippen LogP contribution in [0, 0.1) is 0 Å². The van der Waals surface area contributed by atoms with Crippen molar-refractivity contribution < 1.29 is 9.53 Å². The number of carbonyl (C=O) groups excluding carboxylic acids is 1. The van der Waals surface area contributed by atoms with E-state index in [-0.39, 0.29) is 18.6 Å². The number of hydrogen-bond acceptors (Lipinski definition) is 4. The zero-order valence-corrected chi connectivity index (χ0v) is 14.3. The lowest BCUT2D eigenvalue weighted by Crippen LogP contribution is -2.34. The fourth-order valence-corrected chi connectivity index (χ4v) is 3.42. The summed E-state index contributed by atoms with van der Waals surface area (Å²) in [6.07, 6.45) is 7.22. The highest BCUT2D eigenvalue weighted by molar-refractivity contribution is 5.79. The molecule has 1 aliphatic heterocycles. The van der Waals surface area contributed by atoms with E-state index in [4.69, 9.17) is 4.74 Å². The molecule has 1 aliphatic rings. The lowest BCUT2D eigenvalue weighted by Gasteiger charge is -2.25. The first-order valence-corrected chi connectivity index (χ1v) is 8.74. The Labute approximate surface area is 151 Å². The standard InChI is InChI=1S/C20H20N4O2/c25-19(14-26-16-5-2-1-3-6-16)24-12-4-7-18(24)20-17(13-22-23-20)15-8-10-21-11-9-15/h1-3,5-6,8-11,13,18H,4,7,12,14H2,(H,22,23)/t18-/m1/s1. The molecule has 3 aromatic rings. The zero-order chi connectivity index (χ0) is 17.8. The van der Waals surface area contributed by atoms with Crippen molar-refractivity contribution in [1.29, 1.82) is 0 Å². The second-order valence-corrected chi connectivity index (χ2v) is 6.28. The van der Waals surface area contributed by atoms with Crippen LogP contribution in [-0.2, 0) is 4.79 Å². The summed E-state index contributed by atoms with van der Waals surface area (Å²) in [5.74, 6) is 0.697. The minimum Gasteiger partial charge on any atom is -0.484 e. The predicted octanol–water partition coefficient (Wildman–Crippen LogP) is 3.21. The van der Waals surface area contributed by atoms with Crippen LogP contribution in [0.2, 0.25) is 0 Å². The quantitative estimate of drug-likeness (QED) is 0.768. The third-order valence-electron chi connectivity index (χ3n) is 4.67. The number of pyridine rings is 1. The van der Waals surface area contributed by atoms with Crippen LogP contribution in [-0.4, -0.2) is 39.1 Å². The first-order chi connectivity index (χ1) is 12.8. The Balaban J connectivity index is 1.51. The van der Waals surface area contributed by atoms with Crippen LogP contribution in [0.25, 0.3) is 11.1 Å². The third kappa shape index (κ3) is 3.31. The van der Waals surface area contributed by atoms with Gasteiger partial charge >= 0.3 is 0 Å². The lowest BCUT2D eigenvalue weighted by molar-refractivity contribution is -0.134. The van der Waals surface area contributed by atoms with Crippen molar-refractivity contribution in [2.45, 2.75) is 18.9 Å². The summed E-state index contributed by atoms with van der Waals surface area (Å²) in [6.45, 7) is 0.774. The van der Waals surface area contributed by atoms with E-state index < -0.39 is 0 Å². The van der Waals surface area contributed by atoms with Crippen molar-refractivity contribution in [2.24, 2.45) is 0 Å². The number of hydrogen-bond donors (Lipinski definition) is 1. The molecule has 0 radical (unpaired) electrons. The minimum atomic E-state index is -0.00775. The van der Waals surface area contributed by atoms with Gasteiger partial charge < -0.3 is 9.64 Å². The highest BCUT2D eigenvalue weighted by Gasteiger charge is 2.32. The molecule has 3 heterocycles. The van der Waals surface area contributed by atoms with Gasteiger partial charge in [0, 0.05) is 24.5 Å². The summed E-state index contributed by atoms with van der Waals surface area (Å²) in [5, 5.41) is 7.32. The van der Waals surface area contributed by atoms with Gasteiger partial charge in [-0.1, -0.05) is 18.2 Å². The number of carbonyl (C=O) groups is 1. The summed E-state index contributed by atoms with van der Waals surface area (Å²) in [7, 11) is 0. The van der Waals surface area contributed by atoms with E-state index in [1.807, 2.05) is 53.6 Å². The van der Waals surface area contributed by atoms with Crippen molar-refractivity contribution in [3.05, 3.63) is 66.7 Å². The van der Waals surface area contributed by atoms with Crippen molar-refractivity contribution in [1.82, 2.24) is 20.1 Å². The molecule has 6 nitrogen and oxygen atoms in total. The van der Waals surface area contributed by atoms with E-state index in [2.05, 4.69) is 15.2 Å². The molecule has 1 aromatic carbocycles. The zero-order valence-electron chi connectivity index (χ0n) is 14.3. The van der Waals surface area contributed by atoms with Crippen molar-refractivity contribution in [2.75, 3.05) is 13.2 Å². The largest absolute Gasteiger partial charge is 0.484 e. The molecule has 4 rings (SSSR count). The van der Waals surface area contributed by atoms with Gasteiger partial charge in [0.25, 0.3) is 5.91 Å². The van der Waals surface area contributed by atoms with Crippen molar-refractivity contribution >= 4 is 5.91 Å². The summed E-state index contributed by atoms with van der Waals surface area (Å²) < 4.78 is 5.64. The smallest absolute Gasteiger partial charge is 0.261 e. The molecule has 0 spiro atoms. The Bertz CT molecular complexity index is 864. The maximum absolute atomic E-state index is 12.7. The molecular formula is C20H20N4O2. The molecule has 0 bridgehead atoms. The predicted molar refractivity (Wildman–Crippen MR) is 97.4 cm³/mol. The highest BCUT2D eigenvalue weighted by atomic mass is 16.5. The number of rotatable bonds is 5. The maximum Gasteiger partial charge on any atom is 0.261 e. The number of benzene rings is 1. The summed E-state index contributed by atoms with van der Waals surface area (Å²) >= 11 is 0. The van der Waals surface area contributed by atoms with Crippen molar-refractivity contribution in [3.63, 3.8) is 0 Å². The number of likely N-dealkylation sites (tertiary alicyclic amines) is 1. The second-order valence-electron chi connectivity index (χ2n) is 6.28. The Morgan fingerprint density at radius 3 is 2.81 bits per heavy atom. The van der Waals surface area contributed by atoms with Crippen LogP contribution in [0.3, 0.4) is 0 Å². The normalized spacial score (nSPS) is 16.6. The van der Waals surface area contributed by atoms with Gasteiger partial charge in [-0.05, 0) is 42.7 Å². The van der Waals surface area contributed by atoms with Gasteiger partial charge in [-0.2, -0.15) is 5.10 Å². The molecule has 0 unspecified atom stereocenters. The Kier molecular flexibility index (Phi) is 4.64. The van der Waals surface area contributed by atoms with Crippen LogP contribution in [0.1, 0.15) is 24.6 Å². The minimum absolute atomic E-state index is 0.00691. The monoisotopic (exact) mass is 348 g/mol. The number of aromatic amines is 1. The Hall–Kier alpha value is -3.15. The van der Waals surface area contributed by atoms with Crippen molar-refractivity contribution in [3.8, 4) is 16.9 Å². The van der Waals surface area contributed by atoms with E-state index in [0.29, 0.717) is 5.75 Å². The van der Waals surface area contributed by atoms with E-state index in [1.54, 1.807) is 12.4 Å². The third-order valence-corrected chi connectivity index (χ3v) is 4.67. The van der Waals surface area contributed by atoms with Gasteiger partial charge in [0.15, 0.2) is 6.61 Å². The molecule has 1 N–H and O–H groups in total. The molecule has 0 saturated carbocycles. The van der Waals surface area contributed by atoms with E-state index in [0.717, 1.165) is 36.2 Å². The number of nitrogens with one attached hydrogen (secondary N) is 1. The Morgan fingerprint density at radius 2 is 2.00 bits per heavy atom. The van der Waals surface area contributed by atoms with Gasteiger partial charge in [-0.3, -0.25) is 14.9 Å². The molecule has 132 valence electrons. The van der Waals surface area contributed by atoms with E-state index in [1.165, 1.54) is 0 Å². The van der Waals surface area contributed by atoms with Gasteiger partial charge in [0.05, 0.1) is 17.9 Å². The average Bonchev–Trinajstić information content (AvgIpc) is 3.36. The molecule has 1 amide bonds. The highest BCUT2D eigenvalue weighted by Crippen LogP contribution is 2.36. The number of ether oxygens (including phenoxy) is 1. The van der Waals surface area contributed by atoms with Gasteiger partial charge in [-0.25, -0.2) is 0 Å². The molecule has 1 fully saturated rings. The second kappa shape index (κ2) is 7.39. The maximum atomic E-state index is 12.7. The van der Waals surface area contributed by atoms with E-state index in [9.17, 15) is 4.79 Å². The van der Waals surface area contributed by atoms with Gasteiger partial charge in [-0.15, -0.1) is 0 Å². The summed E-state index contributed by atoms with van der Waals surface area (Å²) in [5.41, 5.74) is 3.03. The number of amides is 1. The first-order valence-electron chi connectivity index (χ1n) is 8.74. The fourth-order valence-electron chi connectivity index (χ4n) is 3.42. The molecule has 2 aromatic heterocycles. The van der Waals surface area contributed by atoms with Crippen LogP contribution in [0.5, 0.6) is 5.75 Å². The summed E-state index contributed by atoms with van der Waals surface area (Å²) in [6, 6.07) is 13.3. The lowest BCUT2D eigenvalue weighted by atomic mass is 10.0. The van der Waals surface area contributed by atoms with Crippen LogP contribution >= 0.6 is 0 Å². The van der Waals surface area contributed by atoms with Crippen LogP contribution in [0.15, 0.2) is 61.1 Å². The molecule has 1 atom stereocenters. The van der Waals surface area contributed by atoms with Gasteiger partial charge in [0.1, 0.15) is 5.75 Å². The SMILES string of the molecule is O=C(COc1ccccc1)N1CCC[C@@H]1c1[nH]ncc1-c1ccncc1. The van der Waals surface area contributed by atoms with E-state index >= 15 is 0 Å². The average molecular weight is 348 g/mol. The molecule has 0 aliphatic carbocycles. The van der Waals surface area contributed by atoms with Gasteiger partial charge in [0.2, 0.25) is 0 Å². The number of H-pyrrole nitrogens is 1. The Morgan fingerprint density at radius 1 is 1.19 bits per heavy atom. The molecule has 26 heavy (non-hydrogen) atoms. The number of aromatic nitrogens is 3. The topological polar surface area (TPSA) is 71.1 Å². The van der Waals surface area contributed by atoms with Crippen LogP contribution < -0.4 is 4.74 Å².